The van der Waals surface area contributed by atoms with Gasteiger partial charge in [0, 0.05) is 11.9 Å². The van der Waals surface area contributed by atoms with Gasteiger partial charge in [0.15, 0.2) is 0 Å². The van der Waals surface area contributed by atoms with Crippen molar-refractivity contribution in [3.63, 3.8) is 0 Å². The van der Waals surface area contributed by atoms with Crippen molar-refractivity contribution in [2.75, 3.05) is 11.9 Å². The number of carbonyl (C=O) groups excluding carboxylic acids is 1. The van der Waals surface area contributed by atoms with Crippen LogP contribution < -0.4 is 10.1 Å². The van der Waals surface area contributed by atoms with Crippen molar-refractivity contribution in [1.82, 2.24) is 4.98 Å². The zero-order chi connectivity index (χ0) is 18.4. The fourth-order valence-corrected chi connectivity index (χ4v) is 2.21. The second-order valence-corrected chi connectivity index (χ2v) is 6.34. The Morgan fingerprint density at radius 1 is 1.28 bits per heavy atom. The minimum absolute atomic E-state index is 0.0639. The number of aliphatic carboxylic acids is 1. The first-order valence-electron chi connectivity index (χ1n) is 7.75. The van der Waals surface area contributed by atoms with E-state index in [4.69, 9.17) is 21.4 Å². The molecule has 0 aliphatic rings. The Balaban J connectivity index is 2.02. The largest absolute Gasteiger partial charge is 0.481 e. The van der Waals surface area contributed by atoms with Crippen molar-refractivity contribution in [2.24, 2.45) is 5.92 Å². The number of anilines is 1. The minimum atomic E-state index is -0.905. The average Bonchev–Trinajstić information content (AvgIpc) is 2.54. The third kappa shape index (κ3) is 5.76. The molecule has 1 aromatic carbocycles. The van der Waals surface area contributed by atoms with Crippen molar-refractivity contribution in [3.05, 3.63) is 52.7 Å². The summed E-state index contributed by atoms with van der Waals surface area (Å²) in [6.45, 7) is 4.51. The lowest BCUT2D eigenvalue weighted by Crippen LogP contribution is -2.13. The molecule has 1 amide bonds. The van der Waals surface area contributed by atoms with Crippen molar-refractivity contribution in [3.8, 4) is 5.88 Å². The molecule has 0 radical (unpaired) electrons. The molecule has 0 unspecified atom stereocenters. The van der Waals surface area contributed by atoms with Gasteiger partial charge in [0.2, 0.25) is 5.88 Å². The van der Waals surface area contributed by atoms with Crippen LogP contribution >= 0.6 is 11.6 Å². The summed E-state index contributed by atoms with van der Waals surface area (Å²) < 4.78 is 5.47. The smallest absolute Gasteiger partial charge is 0.307 e. The number of ether oxygens (including phenoxy) is 1. The molecule has 25 heavy (non-hydrogen) atoms. The van der Waals surface area contributed by atoms with Crippen LogP contribution in [0, 0.1) is 5.92 Å². The molecule has 6 nitrogen and oxygen atoms in total. The monoisotopic (exact) mass is 362 g/mol. The molecule has 0 fully saturated rings. The van der Waals surface area contributed by atoms with Gasteiger partial charge in [-0.2, -0.15) is 0 Å². The lowest BCUT2D eigenvalue weighted by molar-refractivity contribution is -0.136. The van der Waals surface area contributed by atoms with E-state index in [1.165, 1.54) is 12.3 Å². The van der Waals surface area contributed by atoms with Crippen LogP contribution in [0.5, 0.6) is 5.88 Å². The lowest BCUT2D eigenvalue weighted by atomic mass is 10.1. The second kappa shape index (κ2) is 8.48. The van der Waals surface area contributed by atoms with Gasteiger partial charge in [-0.3, -0.25) is 9.59 Å². The zero-order valence-corrected chi connectivity index (χ0v) is 14.7. The summed E-state index contributed by atoms with van der Waals surface area (Å²) in [7, 11) is 0. The highest BCUT2D eigenvalue weighted by Gasteiger charge is 2.12. The molecule has 132 valence electrons. The van der Waals surface area contributed by atoms with Crippen molar-refractivity contribution in [1.29, 1.82) is 0 Å². The maximum absolute atomic E-state index is 12.3. The number of nitrogens with zero attached hydrogens (tertiary/aromatic N) is 1. The molecule has 2 rings (SSSR count). The van der Waals surface area contributed by atoms with Crippen molar-refractivity contribution >= 4 is 29.2 Å². The number of carbonyl (C=O) groups is 2. The van der Waals surface area contributed by atoms with Crippen LogP contribution in [-0.2, 0) is 11.2 Å². The van der Waals surface area contributed by atoms with Crippen LogP contribution in [0.3, 0.4) is 0 Å². The number of carboxylic acid groups (broad SMARTS) is 1. The molecule has 0 saturated carbocycles. The first kappa shape index (κ1) is 18.7. The highest BCUT2D eigenvalue weighted by molar-refractivity contribution is 6.32. The Labute approximate surface area is 150 Å². The predicted octanol–water partition coefficient (Wildman–Crippen LogP) is 3.65. The maximum Gasteiger partial charge on any atom is 0.307 e. The summed E-state index contributed by atoms with van der Waals surface area (Å²) in [4.78, 5) is 27.0. The molecule has 0 spiro atoms. The van der Waals surface area contributed by atoms with Gasteiger partial charge in [0.1, 0.15) is 5.02 Å². The Bertz CT molecular complexity index is 760. The van der Waals surface area contributed by atoms with E-state index in [1.54, 1.807) is 24.3 Å². The first-order chi connectivity index (χ1) is 11.8. The van der Waals surface area contributed by atoms with E-state index in [0.717, 1.165) is 0 Å². The van der Waals surface area contributed by atoms with Crippen LogP contribution in [0.15, 0.2) is 36.5 Å². The van der Waals surface area contributed by atoms with Gasteiger partial charge in [-0.05, 0) is 29.7 Å². The van der Waals surface area contributed by atoms with E-state index >= 15 is 0 Å². The van der Waals surface area contributed by atoms with Crippen molar-refractivity contribution in [2.45, 2.75) is 20.3 Å². The summed E-state index contributed by atoms with van der Waals surface area (Å²) in [5.74, 6) is -0.636. The number of benzene rings is 1. The molecule has 1 aromatic heterocycles. The highest BCUT2D eigenvalue weighted by atomic mass is 35.5. The van der Waals surface area contributed by atoms with E-state index in [2.05, 4.69) is 10.3 Å². The predicted molar refractivity (Wildman–Crippen MR) is 95.3 cm³/mol. The number of carboxylic acids is 1. The number of rotatable bonds is 7. The van der Waals surface area contributed by atoms with Gasteiger partial charge in [-0.1, -0.05) is 37.6 Å². The molecule has 0 atom stereocenters. The van der Waals surface area contributed by atoms with E-state index in [9.17, 15) is 9.59 Å². The first-order valence-corrected chi connectivity index (χ1v) is 8.13. The molecule has 2 N–H and O–H groups in total. The van der Waals surface area contributed by atoms with Gasteiger partial charge in [0.25, 0.3) is 5.91 Å². The lowest BCUT2D eigenvalue weighted by Gasteiger charge is -2.10. The minimum Gasteiger partial charge on any atom is -0.481 e. The second-order valence-electron chi connectivity index (χ2n) is 5.94. The Morgan fingerprint density at radius 2 is 1.96 bits per heavy atom. The molecule has 0 bridgehead atoms. The summed E-state index contributed by atoms with van der Waals surface area (Å²) in [5.41, 5.74) is 1.51. The number of aromatic nitrogens is 1. The van der Waals surface area contributed by atoms with Crippen LogP contribution in [0.4, 0.5) is 5.69 Å². The average molecular weight is 363 g/mol. The number of hydrogen-bond donors (Lipinski definition) is 2. The number of amides is 1. The Kier molecular flexibility index (Phi) is 6.36. The topological polar surface area (TPSA) is 88.5 Å². The van der Waals surface area contributed by atoms with Gasteiger partial charge in [-0.25, -0.2) is 4.98 Å². The van der Waals surface area contributed by atoms with Crippen LogP contribution in [-0.4, -0.2) is 28.6 Å². The molecule has 0 aliphatic heterocycles. The van der Waals surface area contributed by atoms with Crippen molar-refractivity contribution < 1.29 is 19.4 Å². The standard InChI is InChI=1S/C18H19ClN2O4/c1-11(2)10-25-18-15(19)8-13(9-20-18)17(24)21-14-5-3-12(4-6-14)7-16(22)23/h3-6,8-9,11H,7,10H2,1-2H3,(H,21,24)(H,22,23). The van der Waals surface area contributed by atoms with E-state index < -0.39 is 5.97 Å². The molecule has 0 aliphatic carbocycles. The molecule has 2 aromatic rings. The third-order valence-electron chi connectivity index (χ3n) is 3.19. The van der Waals surface area contributed by atoms with Gasteiger partial charge in [0.05, 0.1) is 18.6 Å². The SMILES string of the molecule is CC(C)COc1ncc(C(=O)Nc2ccc(CC(=O)O)cc2)cc1Cl. The highest BCUT2D eigenvalue weighted by Crippen LogP contribution is 2.23. The summed E-state index contributed by atoms with van der Waals surface area (Å²) in [6.07, 6.45) is 1.33. The molecular weight excluding hydrogens is 344 g/mol. The Hall–Kier alpha value is -2.60. The van der Waals surface area contributed by atoms with E-state index in [-0.39, 0.29) is 17.4 Å². The molecule has 7 heteroatoms. The van der Waals surface area contributed by atoms with Crippen LogP contribution in [0.25, 0.3) is 0 Å². The quantitative estimate of drug-likeness (QED) is 0.784. The Morgan fingerprint density at radius 3 is 2.52 bits per heavy atom. The number of halogens is 1. The summed E-state index contributed by atoms with van der Waals surface area (Å²) >= 11 is 6.11. The summed E-state index contributed by atoms with van der Waals surface area (Å²) in [6, 6.07) is 8.09. The number of nitrogens with one attached hydrogen (secondary N) is 1. The fraction of sp³-hybridized carbons (Fsp3) is 0.278. The van der Waals surface area contributed by atoms with Gasteiger partial charge >= 0.3 is 5.97 Å². The maximum atomic E-state index is 12.3. The van der Waals surface area contributed by atoms with E-state index in [1.807, 2.05) is 13.8 Å². The molecule has 1 heterocycles. The summed E-state index contributed by atoms with van der Waals surface area (Å²) in [5, 5.41) is 11.7. The number of hydrogen-bond acceptors (Lipinski definition) is 4. The molecular formula is C18H19ClN2O4. The van der Waals surface area contributed by atoms with Gasteiger partial charge < -0.3 is 15.2 Å². The molecule has 0 saturated heterocycles. The van der Waals surface area contributed by atoms with Crippen LogP contribution in [0.2, 0.25) is 5.02 Å². The van der Waals surface area contributed by atoms with Crippen LogP contribution in [0.1, 0.15) is 29.8 Å². The zero-order valence-electron chi connectivity index (χ0n) is 14.0. The van der Waals surface area contributed by atoms with Gasteiger partial charge in [-0.15, -0.1) is 0 Å². The number of pyridine rings is 1. The third-order valence-corrected chi connectivity index (χ3v) is 3.46. The fourth-order valence-electron chi connectivity index (χ4n) is 1.99. The normalized spacial score (nSPS) is 10.6. The van der Waals surface area contributed by atoms with E-state index in [0.29, 0.717) is 35.2 Å².